The number of nitrogens with zero attached hydrogens (tertiary/aromatic N) is 2. The van der Waals surface area contributed by atoms with Gasteiger partial charge in [-0.05, 0) is 37.3 Å². The number of halogens is 4. The van der Waals surface area contributed by atoms with E-state index in [9.17, 15) is 18.0 Å². The standard InChI is InChI=1S/C17H16ClF3N4OS/c1-9(27-16(22)23-2)17(20,21)12-7-11(4-5-13(12)19)25-15(26)14-6-3-10(18)8-24-14/h3-9H,1-2H3,(H2,22,23)(H,25,26)/t9-/m1/s1. The molecule has 0 spiro atoms. The first-order chi connectivity index (χ1) is 12.6. The van der Waals surface area contributed by atoms with E-state index >= 15 is 0 Å². The fraction of sp³-hybridized carbons (Fsp3) is 0.235. The number of amides is 1. The molecule has 1 aromatic carbocycles. The van der Waals surface area contributed by atoms with Crippen LogP contribution < -0.4 is 11.1 Å². The van der Waals surface area contributed by atoms with Gasteiger partial charge in [0.1, 0.15) is 11.5 Å². The lowest BCUT2D eigenvalue weighted by molar-refractivity contribution is -0.00512. The van der Waals surface area contributed by atoms with Crippen LogP contribution in [0.5, 0.6) is 0 Å². The van der Waals surface area contributed by atoms with Crippen molar-refractivity contribution in [3.8, 4) is 0 Å². The van der Waals surface area contributed by atoms with E-state index in [2.05, 4.69) is 15.3 Å². The summed E-state index contributed by atoms with van der Waals surface area (Å²) in [4.78, 5) is 19.6. The number of alkyl halides is 2. The van der Waals surface area contributed by atoms with Crippen molar-refractivity contribution in [1.29, 1.82) is 0 Å². The van der Waals surface area contributed by atoms with Crippen LogP contribution in [0.15, 0.2) is 41.5 Å². The molecule has 0 aliphatic carbocycles. The lowest BCUT2D eigenvalue weighted by Crippen LogP contribution is -2.29. The lowest BCUT2D eigenvalue weighted by atomic mass is 10.0. The molecule has 2 aromatic rings. The van der Waals surface area contributed by atoms with Gasteiger partial charge in [-0.15, -0.1) is 0 Å². The zero-order valence-electron chi connectivity index (χ0n) is 14.3. The minimum Gasteiger partial charge on any atom is -0.379 e. The van der Waals surface area contributed by atoms with Gasteiger partial charge in [-0.2, -0.15) is 8.78 Å². The van der Waals surface area contributed by atoms with Gasteiger partial charge in [-0.3, -0.25) is 9.79 Å². The SMILES string of the molecule is CN=C(N)S[C@H](C)C(F)(F)c1cc(NC(=O)c2ccc(Cl)cn2)ccc1F. The van der Waals surface area contributed by atoms with Crippen LogP contribution >= 0.6 is 23.4 Å². The normalized spacial score (nSPS) is 13.3. The smallest absolute Gasteiger partial charge is 0.287 e. The van der Waals surface area contributed by atoms with Crippen LogP contribution in [-0.4, -0.2) is 28.4 Å². The second-order valence-corrected chi connectivity index (χ2v) is 7.25. The molecule has 0 bridgehead atoms. The number of benzene rings is 1. The first-order valence-corrected chi connectivity index (χ1v) is 8.90. The number of nitrogens with one attached hydrogen (secondary N) is 1. The molecule has 2 rings (SSSR count). The Labute approximate surface area is 163 Å². The van der Waals surface area contributed by atoms with Crippen molar-refractivity contribution >= 4 is 40.1 Å². The summed E-state index contributed by atoms with van der Waals surface area (Å²) in [6.07, 6.45) is 1.28. The second kappa shape index (κ2) is 8.62. The van der Waals surface area contributed by atoms with Gasteiger partial charge < -0.3 is 11.1 Å². The van der Waals surface area contributed by atoms with Crippen LogP contribution in [0.2, 0.25) is 5.02 Å². The molecule has 0 aliphatic rings. The van der Waals surface area contributed by atoms with E-state index in [1.807, 2.05) is 0 Å². The predicted molar refractivity (Wildman–Crippen MR) is 102 cm³/mol. The Morgan fingerprint density at radius 2 is 2.07 bits per heavy atom. The maximum Gasteiger partial charge on any atom is 0.287 e. The number of carbonyl (C=O) groups is 1. The number of nitrogens with two attached hydrogens (primary N) is 1. The zero-order valence-corrected chi connectivity index (χ0v) is 15.9. The Hall–Kier alpha value is -2.26. The van der Waals surface area contributed by atoms with Crippen LogP contribution in [0.1, 0.15) is 23.0 Å². The monoisotopic (exact) mass is 416 g/mol. The average molecular weight is 417 g/mol. The number of pyridine rings is 1. The van der Waals surface area contributed by atoms with Crippen molar-refractivity contribution in [3.05, 3.63) is 58.6 Å². The highest BCUT2D eigenvalue weighted by Crippen LogP contribution is 2.40. The molecular formula is C17H16ClF3N4OS. The highest BCUT2D eigenvalue weighted by Gasteiger charge is 2.42. The van der Waals surface area contributed by atoms with Crippen LogP contribution in [0.3, 0.4) is 0 Å². The maximum absolute atomic E-state index is 14.7. The largest absolute Gasteiger partial charge is 0.379 e. The molecule has 1 heterocycles. The Morgan fingerprint density at radius 1 is 1.37 bits per heavy atom. The molecule has 0 fully saturated rings. The highest BCUT2D eigenvalue weighted by atomic mass is 35.5. The average Bonchev–Trinajstić information content (AvgIpc) is 2.63. The maximum atomic E-state index is 14.7. The summed E-state index contributed by atoms with van der Waals surface area (Å²) in [6, 6.07) is 5.78. The second-order valence-electron chi connectivity index (χ2n) is 5.46. The van der Waals surface area contributed by atoms with Gasteiger partial charge in [0.2, 0.25) is 0 Å². The molecule has 10 heteroatoms. The summed E-state index contributed by atoms with van der Waals surface area (Å²) < 4.78 is 43.4. The number of hydrogen-bond acceptors (Lipinski definition) is 4. The third-order valence-electron chi connectivity index (χ3n) is 3.57. The summed E-state index contributed by atoms with van der Waals surface area (Å²) in [7, 11) is 1.37. The molecule has 1 amide bonds. The summed E-state index contributed by atoms with van der Waals surface area (Å²) >= 11 is 6.33. The Morgan fingerprint density at radius 3 is 2.67 bits per heavy atom. The molecule has 0 aliphatic heterocycles. The van der Waals surface area contributed by atoms with Gasteiger partial charge in [-0.25, -0.2) is 9.37 Å². The molecular weight excluding hydrogens is 401 g/mol. The number of thioether (sulfide) groups is 1. The number of aliphatic imine (C=N–C) groups is 1. The van der Waals surface area contributed by atoms with Crippen molar-refractivity contribution in [1.82, 2.24) is 4.98 Å². The zero-order chi connectivity index (χ0) is 20.2. The van der Waals surface area contributed by atoms with E-state index < -0.39 is 28.5 Å². The molecule has 144 valence electrons. The third kappa shape index (κ3) is 5.14. The molecule has 1 aromatic heterocycles. The number of carbonyl (C=O) groups excluding carboxylic acids is 1. The van der Waals surface area contributed by atoms with Crippen LogP contribution in [0, 0.1) is 5.82 Å². The number of amidine groups is 1. The van der Waals surface area contributed by atoms with Crippen molar-refractivity contribution in [2.75, 3.05) is 12.4 Å². The quantitative estimate of drug-likeness (QED) is 0.563. The lowest BCUT2D eigenvalue weighted by Gasteiger charge is -2.24. The number of rotatable bonds is 5. The Bertz CT molecular complexity index is 862. The molecule has 3 N–H and O–H groups in total. The number of anilines is 1. The highest BCUT2D eigenvalue weighted by molar-refractivity contribution is 8.14. The fourth-order valence-electron chi connectivity index (χ4n) is 2.09. The topological polar surface area (TPSA) is 80.4 Å². The van der Waals surface area contributed by atoms with E-state index in [0.29, 0.717) is 16.8 Å². The number of aromatic nitrogens is 1. The summed E-state index contributed by atoms with van der Waals surface area (Å²) in [6.45, 7) is 1.21. The van der Waals surface area contributed by atoms with E-state index in [0.717, 1.165) is 12.1 Å². The molecule has 0 saturated carbocycles. The van der Waals surface area contributed by atoms with Gasteiger partial charge in [0.25, 0.3) is 11.8 Å². The first kappa shape index (κ1) is 21.0. The summed E-state index contributed by atoms with van der Waals surface area (Å²) in [5.74, 6) is -5.29. The third-order valence-corrected chi connectivity index (χ3v) is 4.87. The van der Waals surface area contributed by atoms with Gasteiger partial charge in [0.05, 0.1) is 15.8 Å². The minimum absolute atomic E-state index is 0.00200. The summed E-state index contributed by atoms with van der Waals surface area (Å²) in [5.41, 5.74) is 4.65. The van der Waals surface area contributed by atoms with Crippen LogP contribution in [-0.2, 0) is 5.92 Å². The van der Waals surface area contributed by atoms with E-state index in [1.165, 1.54) is 38.4 Å². The van der Waals surface area contributed by atoms with Gasteiger partial charge in [-0.1, -0.05) is 23.4 Å². The first-order valence-electron chi connectivity index (χ1n) is 7.64. The Balaban J connectivity index is 2.27. The number of hydrogen-bond donors (Lipinski definition) is 2. The van der Waals surface area contributed by atoms with Crippen molar-refractivity contribution < 1.29 is 18.0 Å². The van der Waals surface area contributed by atoms with Gasteiger partial charge in [0.15, 0.2) is 5.17 Å². The van der Waals surface area contributed by atoms with E-state index in [-0.39, 0.29) is 16.5 Å². The summed E-state index contributed by atoms with van der Waals surface area (Å²) in [5, 5.41) is 1.34. The molecule has 0 saturated heterocycles. The van der Waals surface area contributed by atoms with Crippen molar-refractivity contribution in [2.24, 2.45) is 10.7 Å². The van der Waals surface area contributed by atoms with Gasteiger partial charge in [0, 0.05) is 18.9 Å². The van der Waals surface area contributed by atoms with Gasteiger partial charge >= 0.3 is 0 Å². The minimum atomic E-state index is -3.55. The van der Waals surface area contributed by atoms with Crippen LogP contribution in [0.4, 0.5) is 18.9 Å². The van der Waals surface area contributed by atoms with E-state index in [4.69, 9.17) is 17.3 Å². The van der Waals surface area contributed by atoms with Crippen molar-refractivity contribution in [2.45, 2.75) is 18.1 Å². The van der Waals surface area contributed by atoms with Crippen LogP contribution in [0.25, 0.3) is 0 Å². The van der Waals surface area contributed by atoms with Crippen molar-refractivity contribution in [3.63, 3.8) is 0 Å². The predicted octanol–water partition coefficient (Wildman–Crippen LogP) is 4.28. The fourth-order valence-corrected chi connectivity index (χ4v) is 2.94. The molecule has 27 heavy (non-hydrogen) atoms. The molecule has 1 atom stereocenters. The molecule has 0 radical (unpaired) electrons. The Kier molecular flexibility index (Phi) is 6.72. The molecule has 0 unspecified atom stereocenters. The molecule has 5 nitrogen and oxygen atoms in total. The van der Waals surface area contributed by atoms with E-state index in [1.54, 1.807) is 0 Å².